The van der Waals surface area contributed by atoms with Gasteiger partial charge in [-0.05, 0) is 66.8 Å². The van der Waals surface area contributed by atoms with Gasteiger partial charge in [0, 0.05) is 32.1 Å². The Labute approximate surface area is 232 Å². The molecule has 218 valence electrons. The number of hydrogen-bond donors (Lipinski definition) is 3. The Balaban J connectivity index is 2.04. The average molecular weight is 548 g/mol. The van der Waals surface area contributed by atoms with Gasteiger partial charge in [0.15, 0.2) is 11.5 Å². The summed E-state index contributed by atoms with van der Waals surface area (Å²) in [4.78, 5) is 16.6. The zero-order valence-electron chi connectivity index (χ0n) is 24.2. The number of carbonyl (C=O) groups is 1. The number of nitrogens with two attached hydrogens (primary N) is 1. The number of halogens is 1. The van der Waals surface area contributed by atoms with Crippen LogP contribution in [0.4, 0.5) is 10.2 Å². The monoisotopic (exact) mass is 547 g/mol. The van der Waals surface area contributed by atoms with Crippen molar-refractivity contribution >= 4 is 11.7 Å². The van der Waals surface area contributed by atoms with Gasteiger partial charge in [0.25, 0.3) is 0 Å². The standard InChI is InChI=1S/C30H46FN3O5/c1-19(2)22(15-21-11-12-26(38-6)27(16-21)39-14-8-13-37-5)17-24(32)25(35)18-23(20(3)4)30(36)34-29-10-7-9-28(31)33-29/h7,9-12,16,19-20,22-25,35H,8,13-15,17-18,32H2,1-6H3,(H,33,34,36). The zero-order valence-corrected chi connectivity index (χ0v) is 24.2. The molecule has 39 heavy (non-hydrogen) atoms. The smallest absolute Gasteiger partial charge is 0.228 e. The maximum atomic E-state index is 13.4. The van der Waals surface area contributed by atoms with Crippen LogP contribution in [0.2, 0.25) is 0 Å². The number of amides is 1. The highest BCUT2D eigenvalue weighted by atomic mass is 19.1. The summed E-state index contributed by atoms with van der Waals surface area (Å²) in [5.41, 5.74) is 7.60. The highest BCUT2D eigenvalue weighted by Gasteiger charge is 2.30. The van der Waals surface area contributed by atoms with Gasteiger partial charge in [0.1, 0.15) is 5.82 Å². The van der Waals surface area contributed by atoms with E-state index in [2.05, 4.69) is 24.1 Å². The first-order chi connectivity index (χ1) is 18.5. The van der Waals surface area contributed by atoms with Crippen LogP contribution in [0.5, 0.6) is 11.5 Å². The Hall–Kier alpha value is -2.75. The molecule has 0 radical (unpaired) electrons. The molecule has 0 fully saturated rings. The van der Waals surface area contributed by atoms with Crippen LogP contribution < -0.4 is 20.5 Å². The van der Waals surface area contributed by atoms with Gasteiger partial charge in [-0.2, -0.15) is 4.39 Å². The highest BCUT2D eigenvalue weighted by molar-refractivity contribution is 5.91. The summed E-state index contributed by atoms with van der Waals surface area (Å²) in [6.07, 6.45) is 1.45. The van der Waals surface area contributed by atoms with E-state index >= 15 is 0 Å². The topological polar surface area (TPSA) is 116 Å². The molecule has 0 saturated heterocycles. The second kappa shape index (κ2) is 16.4. The minimum Gasteiger partial charge on any atom is -0.493 e. The van der Waals surface area contributed by atoms with E-state index in [0.29, 0.717) is 37.1 Å². The van der Waals surface area contributed by atoms with Gasteiger partial charge in [0.05, 0.1) is 19.8 Å². The van der Waals surface area contributed by atoms with E-state index < -0.39 is 24.0 Å². The number of ether oxygens (including phenoxy) is 3. The molecule has 1 amide bonds. The molecular formula is C30H46FN3O5. The Bertz CT molecular complexity index is 1020. The van der Waals surface area contributed by atoms with Crippen molar-refractivity contribution in [2.24, 2.45) is 29.4 Å². The summed E-state index contributed by atoms with van der Waals surface area (Å²) in [5.74, 6) is 0.490. The van der Waals surface area contributed by atoms with E-state index in [9.17, 15) is 14.3 Å². The molecule has 2 aromatic rings. The van der Waals surface area contributed by atoms with E-state index in [-0.39, 0.29) is 30.0 Å². The molecule has 1 aromatic heterocycles. The van der Waals surface area contributed by atoms with Crippen LogP contribution in [0.15, 0.2) is 36.4 Å². The number of pyridine rings is 1. The predicted molar refractivity (Wildman–Crippen MR) is 151 cm³/mol. The molecule has 0 aliphatic rings. The molecule has 4 unspecified atom stereocenters. The van der Waals surface area contributed by atoms with Crippen LogP contribution in [0, 0.1) is 29.6 Å². The Morgan fingerprint density at radius 3 is 2.41 bits per heavy atom. The molecule has 0 aliphatic heterocycles. The van der Waals surface area contributed by atoms with Gasteiger partial charge in [-0.15, -0.1) is 0 Å². The lowest BCUT2D eigenvalue weighted by Crippen LogP contribution is -2.41. The number of hydrogen-bond acceptors (Lipinski definition) is 7. The first-order valence-corrected chi connectivity index (χ1v) is 13.7. The fourth-order valence-electron chi connectivity index (χ4n) is 4.56. The van der Waals surface area contributed by atoms with Crippen LogP contribution >= 0.6 is 0 Å². The number of benzene rings is 1. The van der Waals surface area contributed by atoms with Crippen molar-refractivity contribution in [2.75, 3.05) is 32.8 Å². The van der Waals surface area contributed by atoms with Crippen molar-refractivity contribution in [1.29, 1.82) is 0 Å². The SMILES string of the molecule is COCCCOc1cc(CC(CC(N)C(O)CC(C(=O)Nc2cccc(F)n2)C(C)C)C(C)C)ccc1OC. The average Bonchev–Trinajstić information content (AvgIpc) is 2.88. The predicted octanol–water partition coefficient (Wildman–Crippen LogP) is 4.84. The highest BCUT2D eigenvalue weighted by Crippen LogP contribution is 2.32. The van der Waals surface area contributed by atoms with Gasteiger partial charge < -0.3 is 30.4 Å². The van der Waals surface area contributed by atoms with E-state index in [1.807, 2.05) is 32.0 Å². The van der Waals surface area contributed by atoms with E-state index in [4.69, 9.17) is 19.9 Å². The normalized spacial score (nSPS) is 14.6. The number of aliphatic hydroxyl groups excluding tert-OH is 1. The third-order valence-electron chi connectivity index (χ3n) is 7.09. The van der Waals surface area contributed by atoms with Crippen LogP contribution in [0.3, 0.4) is 0 Å². The second-order valence-electron chi connectivity index (χ2n) is 10.8. The third kappa shape index (κ3) is 10.7. The lowest BCUT2D eigenvalue weighted by atomic mass is 9.81. The maximum Gasteiger partial charge on any atom is 0.228 e. The molecule has 2 rings (SSSR count). The number of nitrogens with one attached hydrogen (secondary N) is 1. The first-order valence-electron chi connectivity index (χ1n) is 13.7. The molecule has 1 aromatic carbocycles. The zero-order chi connectivity index (χ0) is 28.9. The van der Waals surface area contributed by atoms with Crippen molar-refractivity contribution in [2.45, 2.75) is 65.5 Å². The molecule has 8 nitrogen and oxygen atoms in total. The van der Waals surface area contributed by atoms with E-state index in [0.717, 1.165) is 18.4 Å². The summed E-state index contributed by atoms with van der Waals surface area (Å²) in [5, 5.41) is 13.7. The molecule has 4 N–H and O–H groups in total. The summed E-state index contributed by atoms with van der Waals surface area (Å²) in [7, 11) is 3.28. The number of anilines is 1. The molecule has 0 spiro atoms. The number of aromatic nitrogens is 1. The van der Waals surface area contributed by atoms with Crippen molar-refractivity contribution in [3.05, 3.63) is 47.9 Å². The summed E-state index contributed by atoms with van der Waals surface area (Å²) in [6.45, 7) is 9.27. The molecule has 0 bridgehead atoms. The fourth-order valence-corrected chi connectivity index (χ4v) is 4.56. The summed E-state index contributed by atoms with van der Waals surface area (Å²) >= 11 is 0. The van der Waals surface area contributed by atoms with Gasteiger partial charge in [0.2, 0.25) is 11.9 Å². The minimum atomic E-state index is -0.875. The van der Waals surface area contributed by atoms with Crippen LogP contribution in [-0.2, 0) is 16.0 Å². The molecular weight excluding hydrogens is 501 g/mol. The van der Waals surface area contributed by atoms with Crippen LogP contribution in [0.25, 0.3) is 0 Å². The fraction of sp³-hybridized carbons (Fsp3) is 0.600. The van der Waals surface area contributed by atoms with Crippen LogP contribution in [-0.4, -0.2) is 55.6 Å². The quantitative estimate of drug-likeness (QED) is 0.192. The van der Waals surface area contributed by atoms with Crippen molar-refractivity contribution in [3.63, 3.8) is 0 Å². The van der Waals surface area contributed by atoms with Crippen LogP contribution in [0.1, 0.15) is 52.5 Å². The number of methoxy groups -OCH3 is 2. The van der Waals surface area contributed by atoms with Crippen molar-refractivity contribution in [1.82, 2.24) is 4.98 Å². The lowest BCUT2D eigenvalue weighted by molar-refractivity contribution is -0.122. The van der Waals surface area contributed by atoms with Gasteiger partial charge >= 0.3 is 0 Å². The molecule has 9 heteroatoms. The number of rotatable bonds is 17. The van der Waals surface area contributed by atoms with Crippen molar-refractivity contribution in [3.8, 4) is 11.5 Å². The summed E-state index contributed by atoms with van der Waals surface area (Å²) in [6, 6.07) is 9.65. The molecule has 0 saturated carbocycles. The number of aliphatic hydroxyl groups is 1. The van der Waals surface area contributed by atoms with E-state index in [1.54, 1.807) is 14.2 Å². The number of carbonyl (C=O) groups excluding carboxylic acids is 1. The molecule has 1 heterocycles. The molecule has 4 atom stereocenters. The largest absolute Gasteiger partial charge is 0.493 e. The summed E-state index contributed by atoms with van der Waals surface area (Å²) < 4.78 is 29.9. The van der Waals surface area contributed by atoms with Crippen molar-refractivity contribution < 1.29 is 28.5 Å². The third-order valence-corrected chi connectivity index (χ3v) is 7.09. The Kier molecular flexibility index (Phi) is 13.6. The Morgan fingerprint density at radius 2 is 1.79 bits per heavy atom. The van der Waals surface area contributed by atoms with Gasteiger partial charge in [-0.3, -0.25) is 4.79 Å². The molecule has 0 aliphatic carbocycles. The first kappa shape index (κ1) is 32.5. The number of nitrogens with zero attached hydrogens (tertiary/aromatic N) is 1. The minimum absolute atomic E-state index is 0.0529. The maximum absolute atomic E-state index is 13.4. The van der Waals surface area contributed by atoms with E-state index in [1.165, 1.54) is 18.2 Å². The van der Waals surface area contributed by atoms with Gasteiger partial charge in [-0.25, -0.2) is 4.98 Å². The Morgan fingerprint density at radius 1 is 1.05 bits per heavy atom. The lowest BCUT2D eigenvalue weighted by Gasteiger charge is -2.30. The van der Waals surface area contributed by atoms with Gasteiger partial charge in [-0.1, -0.05) is 39.8 Å². The second-order valence-corrected chi connectivity index (χ2v) is 10.8.